The van der Waals surface area contributed by atoms with Crippen molar-refractivity contribution >= 4 is 15.9 Å². The van der Waals surface area contributed by atoms with E-state index in [4.69, 9.17) is 9.88 Å². The smallest absolute Gasteiger partial charge is 0.258 e. The van der Waals surface area contributed by atoms with E-state index in [1.54, 1.807) is 12.1 Å². The number of amides is 1. The zero-order chi connectivity index (χ0) is 19.3. The maximum Gasteiger partial charge on any atom is 0.258 e. The van der Waals surface area contributed by atoms with Crippen molar-refractivity contribution in [3.05, 3.63) is 59.7 Å². The quantitative estimate of drug-likeness (QED) is 0.776. The highest BCUT2D eigenvalue weighted by molar-refractivity contribution is 7.89. The van der Waals surface area contributed by atoms with Crippen LogP contribution in [0.1, 0.15) is 43.9 Å². The number of carbonyl (C=O) groups is 1. The van der Waals surface area contributed by atoms with E-state index in [1.165, 1.54) is 12.1 Å². The fraction of sp³-hybridized carbons (Fsp3) is 0.316. The normalized spacial score (nSPS) is 12.7. The lowest BCUT2D eigenvalue weighted by Gasteiger charge is -2.17. The summed E-state index contributed by atoms with van der Waals surface area (Å²) in [6.45, 7) is 5.85. The Morgan fingerprint density at radius 3 is 2.27 bits per heavy atom. The molecule has 1 unspecified atom stereocenters. The number of nitrogens with one attached hydrogen (secondary N) is 1. The Balaban J connectivity index is 1.95. The first-order chi connectivity index (χ1) is 12.2. The first-order valence-electron chi connectivity index (χ1n) is 8.32. The molecule has 0 saturated carbocycles. The van der Waals surface area contributed by atoms with Crippen molar-refractivity contribution in [2.75, 3.05) is 6.61 Å². The van der Waals surface area contributed by atoms with Crippen molar-refractivity contribution in [1.29, 1.82) is 0 Å². The van der Waals surface area contributed by atoms with Gasteiger partial charge in [0.1, 0.15) is 5.75 Å². The number of carbonyl (C=O) groups excluding carboxylic acids is 1. The van der Waals surface area contributed by atoms with E-state index in [2.05, 4.69) is 19.2 Å². The molecule has 26 heavy (non-hydrogen) atoms. The lowest BCUT2D eigenvalue weighted by atomic mass is 10.0. The molecule has 0 heterocycles. The molecule has 140 valence electrons. The van der Waals surface area contributed by atoms with Crippen molar-refractivity contribution in [3.63, 3.8) is 0 Å². The minimum Gasteiger partial charge on any atom is -0.483 e. The van der Waals surface area contributed by atoms with Gasteiger partial charge in [-0.2, -0.15) is 0 Å². The Kier molecular flexibility index (Phi) is 6.39. The molecule has 0 aliphatic heterocycles. The van der Waals surface area contributed by atoms with Gasteiger partial charge in [-0.3, -0.25) is 4.79 Å². The van der Waals surface area contributed by atoms with Crippen LogP contribution in [0.2, 0.25) is 0 Å². The molecule has 6 nitrogen and oxygen atoms in total. The van der Waals surface area contributed by atoms with Crippen LogP contribution < -0.4 is 15.2 Å². The fourth-order valence-electron chi connectivity index (χ4n) is 2.54. The molecule has 1 atom stereocenters. The van der Waals surface area contributed by atoms with Crippen LogP contribution in [-0.4, -0.2) is 20.9 Å². The van der Waals surface area contributed by atoms with Gasteiger partial charge in [-0.05, 0) is 42.2 Å². The summed E-state index contributed by atoms with van der Waals surface area (Å²) >= 11 is 0. The number of hydrogen-bond acceptors (Lipinski definition) is 4. The summed E-state index contributed by atoms with van der Waals surface area (Å²) in [6.07, 6.45) is 0. The van der Waals surface area contributed by atoms with Crippen LogP contribution in [0, 0.1) is 0 Å². The van der Waals surface area contributed by atoms with Gasteiger partial charge in [0.25, 0.3) is 5.91 Å². The Morgan fingerprint density at radius 1 is 1.08 bits per heavy atom. The number of benzene rings is 2. The molecule has 0 fully saturated rings. The first kappa shape index (κ1) is 19.9. The van der Waals surface area contributed by atoms with Gasteiger partial charge in [-0.1, -0.05) is 44.2 Å². The topological polar surface area (TPSA) is 98.5 Å². The number of nitrogens with two attached hydrogens (primary N) is 1. The molecule has 2 aromatic rings. The van der Waals surface area contributed by atoms with E-state index in [0.717, 1.165) is 11.1 Å². The molecule has 0 aliphatic rings. The third-order valence-corrected chi connectivity index (χ3v) is 4.92. The Labute approximate surface area is 154 Å². The number of ether oxygens (including phenoxy) is 1. The second-order valence-electron chi connectivity index (χ2n) is 6.38. The molecule has 0 saturated heterocycles. The van der Waals surface area contributed by atoms with Crippen molar-refractivity contribution in [1.82, 2.24) is 5.32 Å². The molecule has 3 N–H and O–H groups in total. The van der Waals surface area contributed by atoms with Crippen LogP contribution in [0.15, 0.2) is 53.4 Å². The van der Waals surface area contributed by atoms with Crippen LogP contribution in [0.3, 0.4) is 0 Å². The summed E-state index contributed by atoms with van der Waals surface area (Å²) in [5.74, 6) is 0.736. The van der Waals surface area contributed by atoms with Crippen LogP contribution in [-0.2, 0) is 14.8 Å². The summed E-state index contributed by atoms with van der Waals surface area (Å²) in [5.41, 5.74) is 1.82. The van der Waals surface area contributed by atoms with Crippen molar-refractivity contribution in [2.24, 2.45) is 5.14 Å². The monoisotopic (exact) mass is 376 g/mol. The zero-order valence-corrected chi connectivity index (χ0v) is 15.9. The number of sulfonamides is 1. The maximum atomic E-state index is 12.2. The van der Waals surface area contributed by atoms with E-state index in [0.29, 0.717) is 11.7 Å². The summed E-state index contributed by atoms with van der Waals surface area (Å²) < 4.78 is 28.2. The summed E-state index contributed by atoms with van der Waals surface area (Å²) in [4.78, 5) is 12.2. The standard InChI is InChI=1S/C19H24N2O4S/c1-13(2)17-6-4-5-7-18(17)25-12-19(22)21-14(3)15-8-10-16(11-9-15)26(20,23)24/h4-11,13-14H,12H2,1-3H3,(H,21,22)(H2,20,23,24). The van der Waals surface area contributed by atoms with Gasteiger partial charge in [0, 0.05) is 0 Å². The van der Waals surface area contributed by atoms with Crippen LogP contribution in [0.25, 0.3) is 0 Å². The lowest BCUT2D eigenvalue weighted by molar-refractivity contribution is -0.123. The SMILES string of the molecule is CC(C)c1ccccc1OCC(=O)NC(C)c1ccc(S(N)(=O)=O)cc1. The van der Waals surface area contributed by atoms with Gasteiger partial charge in [0.05, 0.1) is 10.9 Å². The number of primary sulfonamides is 1. The second-order valence-corrected chi connectivity index (χ2v) is 7.95. The second kappa shape index (κ2) is 8.33. The molecule has 0 bridgehead atoms. The van der Waals surface area contributed by atoms with E-state index < -0.39 is 10.0 Å². The molecular formula is C19H24N2O4S. The minimum absolute atomic E-state index is 0.0356. The van der Waals surface area contributed by atoms with Crippen molar-refractivity contribution in [3.8, 4) is 5.75 Å². The Morgan fingerprint density at radius 2 is 1.69 bits per heavy atom. The van der Waals surface area contributed by atoms with Crippen LogP contribution in [0.4, 0.5) is 0 Å². The van der Waals surface area contributed by atoms with E-state index >= 15 is 0 Å². The highest BCUT2D eigenvalue weighted by atomic mass is 32.2. The van der Waals surface area contributed by atoms with E-state index in [1.807, 2.05) is 31.2 Å². The molecule has 0 spiro atoms. The van der Waals surface area contributed by atoms with Gasteiger partial charge in [-0.25, -0.2) is 13.6 Å². The van der Waals surface area contributed by atoms with E-state index in [9.17, 15) is 13.2 Å². The minimum atomic E-state index is -3.73. The fourth-order valence-corrected chi connectivity index (χ4v) is 3.06. The average molecular weight is 376 g/mol. The number of hydrogen-bond donors (Lipinski definition) is 2. The zero-order valence-electron chi connectivity index (χ0n) is 15.1. The molecule has 0 radical (unpaired) electrons. The summed E-state index contributed by atoms with van der Waals surface area (Å²) in [5, 5.41) is 7.91. The average Bonchev–Trinajstić information content (AvgIpc) is 2.59. The number of rotatable bonds is 7. The summed E-state index contributed by atoms with van der Waals surface area (Å²) in [6, 6.07) is 13.4. The van der Waals surface area contributed by atoms with Crippen LogP contribution >= 0.6 is 0 Å². The third-order valence-electron chi connectivity index (χ3n) is 3.99. The van der Waals surface area contributed by atoms with Gasteiger partial charge >= 0.3 is 0 Å². The molecule has 1 amide bonds. The third kappa shape index (κ3) is 5.31. The maximum absolute atomic E-state index is 12.2. The molecule has 7 heteroatoms. The first-order valence-corrected chi connectivity index (χ1v) is 9.87. The lowest BCUT2D eigenvalue weighted by Crippen LogP contribution is -2.31. The van der Waals surface area contributed by atoms with Crippen molar-refractivity contribution < 1.29 is 17.9 Å². The Bertz CT molecular complexity index is 861. The summed E-state index contributed by atoms with van der Waals surface area (Å²) in [7, 11) is -3.73. The molecule has 0 aromatic heterocycles. The van der Waals surface area contributed by atoms with Gasteiger partial charge in [0.15, 0.2) is 6.61 Å². The highest BCUT2D eigenvalue weighted by Gasteiger charge is 2.13. The van der Waals surface area contributed by atoms with Crippen molar-refractivity contribution in [2.45, 2.75) is 37.6 Å². The predicted octanol–water partition coefficient (Wildman–Crippen LogP) is 2.71. The molecule has 2 rings (SSSR count). The number of para-hydroxylation sites is 1. The van der Waals surface area contributed by atoms with Gasteiger partial charge in [0.2, 0.25) is 10.0 Å². The van der Waals surface area contributed by atoms with Crippen LogP contribution in [0.5, 0.6) is 5.75 Å². The predicted molar refractivity (Wildman–Crippen MR) is 100 cm³/mol. The van der Waals surface area contributed by atoms with Gasteiger partial charge < -0.3 is 10.1 Å². The van der Waals surface area contributed by atoms with E-state index in [-0.39, 0.29) is 23.5 Å². The highest BCUT2D eigenvalue weighted by Crippen LogP contribution is 2.25. The molecule has 2 aromatic carbocycles. The Hall–Kier alpha value is -2.38. The molecule has 0 aliphatic carbocycles. The largest absolute Gasteiger partial charge is 0.483 e. The van der Waals surface area contributed by atoms with Gasteiger partial charge in [-0.15, -0.1) is 0 Å². The molecular weight excluding hydrogens is 352 g/mol.